The van der Waals surface area contributed by atoms with E-state index in [4.69, 9.17) is 0 Å². The van der Waals surface area contributed by atoms with E-state index in [2.05, 4.69) is 126 Å². The molecule has 4 aromatic carbocycles. The average molecular weight is 377 g/mol. The number of rotatable bonds is 4. The van der Waals surface area contributed by atoms with Crippen LogP contribution in [0.3, 0.4) is 0 Å². The summed E-state index contributed by atoms with van der Waals surface area (Å²) in [5.41, 5.74) is 3.50. The summed E-state index contributed by atoms with van der Waals surface area (Å²) in [5, 5.41) is 4.20. The minimum absolute atomic E-state index is 0.395. The molecule has 134 valence electrons. The topological polar surface area (TPSA) is 3.24 Å². The molecule has 0 bridgehead atoms. The van der Waals surface area contributed by atoms with Gasteiger partial charge in [-0.15, -0.1) is 0 Å². The lowest BCUT2D eigenvalue weighted by Crippen LogP contribution is -2.09. The Morgan fingerprint density at radius 3 is 1.64 bits per heavy atom. The summed E-state index contributed by atoms with van der Waals surface area (Å²) in [6.07, 6.45) is 0. The van der Waals surface area contributed by atoms with E-state index < -0.39 is 7.53 Å². The molecule has 0 aliphatic carbocycles. The van der Waals surface area contributed by atoms with Crippen molar-refractivity contribution in [2.24, 2.45) is 0 Å². The first-order valence-electron chi connectivity index (χ1n) is 9.47. The van der Waals surface area contributed by atoms with Crippen molar-refractivity contribution in [3.05, 3.63) is 121 Å². The van der Waals surface area contributed by atoms with Gasteiger partial charge in [-0.05, 0) is 71.1 Å². The second kappa shape index (κ2) is 7.38. The lowest BCUT2D eigenvalue weighted by Gasteiger charge is -2.25. The molecule has 0 radical (unpaired) electrons. The highest BCUT2D eigenvalue weighted by atomic mass is 31.1. The predicted octanol–water partition coefficient (Wildman–Crippen LogP) is 8.29. The Bertz CT molecular complexity index is 1150. The van der Waals surface area contributed by atoms with Gasteiger partial charge in [-0.3, -0.25) is 0 Å². The molecule has 1 atom stereocenters. The number of hydrogen-bond donors (Lipinski definition) is 0. The maximum atomic E-state index is 2.36. The fourth-order valence-electron chi connectivity index (χ4n) is 3.67. The molecule has 28 heavy (non-hydrogen) atoms. The van der Waals surface area contributed by atoms with Gasteiger partial charge in [-0.25, -0.2) is 0 Å². The Morgan fingerprint density at radius 1 is 0.464 bits per heavy atom. The molecule has 1 aromatic heterocycles. The molecule has 1 nitrogen and oxygen atoms in total. The van der Waals surface area contributed by atoms with Gasteiger partial charge < -0.3 is 4.90 Å². The van der Waals surface area contributed by atoms with Crippen molar-refractivity contribution < 1.29 is 0 Å². The highest BCUT2D eigenvalue weighted by molar-refractivity contribution is 7.62. The minimum Gasteiger partial charge on any atom is -0.311 e. The van der Waals surface area contributed by atoms with E-state index in [0.717, 1.165) is 0 Å². The molecule has 1 heterocycles. The molecular formula is C26H20NP. The van der Waals surface area contributed by atoms with Crippen LogP contribution in [0.2, 0.25) is 0 Å². The molecule has 5 rings (SSSR count). The van der Waals surface area contributed by atoms with Crippen LogP contribution in [0, 0.1) is 0 Å². The van der Waals surface area contributed by atoms with E-state index in [-0.39, 0.29) is 0 Å². The Morgan fingerprint density at radius 2 is 1.00 bits per heavy atom. The van der Waals surface area contributed by atoms with E-state index in [1.54, 1.807) is 0 Å². The summed E-state index contributed by atoms with van der Waals surface area (Å²) in [4.78, 5) is 2.30. The molecule has 0 fully saturated rings. The number of nitrogens with zero attached hydrogens (tertiary/aromatic N) is 1. The van der Waals surface area contributed by atoms with Crippen LogP contribution in [0.4, 0.5) is 17.1 Å². The van der Waals surface area contributed by atoms with Gasteiger partial charge in [0.25, 0.3) is 0 Å². The Hall–Kier alpha value is -3.28. The lowest BCUT2D eigenvalue weighted by atomic mass is 10.2. The fraction of sp³-hybridized carbons (Fsp3) is 0. The van der Waals surface area contributed by atoms with Gasteiger partial charge in [0, 0.05) is 22.2 Å². The summed E-state index contributed by atoms with van der Waals surface area (Å²) in [6, 6.07) is 41.1. The summed E-state index contributed by atoms with van der Waals surface area (Å²) in [6.45, 7) is 0. The molecule has 0 aliphatic heterocycles. The maximum absolute atomic E-state index is 2.36. The summed E-state index contributed by atoms with van der Waals surface area (Å²) >= 11 is 0. The summed E-state index contributed by atoms with van der Waals surface area (Å²) < 4.78 is 0. The van der Waals surface area contributed by atoms with E-state index in [9.17, 15) is 0 Å². The number of para-hydroxylation sites is 2. The van der Waals surface area contributed by atoms with E-state index in [0.29, 0.717) is 0 Å². The Kier molecular flexibility index (Phi) is 4.45. The molecule has 0 saturated carbocycles. The molecule has 0 aliphatic rings. The highest BCUT2D eigenvalue weighted by Crippen LogP contribution is 2.48. The zero-order chi connectivity index (χ0) is 18.8. The molecule has 2 heteroatoms. The van der Waals surface area contributed by atoms with Crippen molar-refractivity contribution in [1.82, 2.24) is 0 Å². The Labute approximate surface area is 166 Å². The van der Waals surface area contributed by atoms with Gasteiger partial charge in [-0.2, -0.15) is 0 Å². The van der Waals surface area contributed by atoms with Crippen LogP contribution in [0.5, 0.6) is 0 Å². The third-order valence-electron chi connectivity index (χ3n) is 5.01. The van der Waals surface area contributed by atoms with Gasteiger partial charge >= 0.3 is 0 Å². The fourth-order valence-corrected chi connectivity index (χ4v) is 5.74. The van der Waals surface area contributed by atoms with E-state index >= 15 is 0 Å². The van der Waals surface area contributed by atoms with E-state index in [1.165, 1.54) is 32.9 Å². The summed E-state index contributed by atoms with van der Waals surface area (Å²) in [7, 11) is -0.395. The second-order valence-corrected chi connectivity index (χ2v) is 8.80. The normalized spacial score (nSPS) is 11.5. The summed E-state index contributed by atoms with van der Waals surface area (Å²) in [5.74, 6) is 2.36. The van der Waals surface area contributed by atoms with Crippen LogP contribution in [-0.4, -0.2) is 0 Å². The van der Waals surface area contributed by atoms with Crippen LogP contribution in [-0.2, 0) is 0 Å². The zero-order valence-electron chi connectivity index (χ0n) is 15.4. The van der Waals surface area contributed by atoms with Crippen molar-refractivity contribution in [3.63, 3.8) is 0 Å². The van der Waals surface area contributed by atoms with Crippen molar-refractivity contribution in [3.8, 4) is 5.30 Å². The third kappa shape index (κ3) is 3.11. The minimum atomic E-state index is -0.395. The Balaban J connectivity index is 1.57. The third-order valence-corrected chi connectivity index (χ3v) is 7.24. The van der Waals surface area contributed by atoms with Crippen molar-refractivity contribution in [2.45, 2.75) is 0 Å². The van der Waals surface area contributed by atoms with Crippen molar-refractivity contribution >= 4 is 35.1 Å². The lowest BCUT2D eigenvalue weighted by molar-refractivity contribution is 1.28. The van der Waals surface area contributed by atoms with Crippen LogP contribution in [0.25, 0.3) is 15.8 Å². The van der Waals surface area contributed by atoms with Gasteiger partial charge in [-0.1, -0.05) is 68.2 Å². The SMILES string of the molecule is c1ccc(N(c2ccccc2)c2ccc(-p3ccc4ccccc43)cc2)cc1. The van der Waals surface area contributed by atoms with Crippen LogP contribution in [0.1, 0.15) is 0 Å². The monoisotopic (exact) mass is 377 g/mol. The van der Waals surface area contributed by atoms with E-state index in [1.807, 2.05) is 0 Å². The zero-order valence-corrected chi connectivity index (χ0v) is 16.3. The highest BCUT2D eigenvalue weighted by Gasteiger charge is 2.12. The maximum Gasteiger partial charge on any atom is 0.0462 e. The van der Waals surface area contributed by atoms with Gasteiger partial charge in [0.05, 0.1) is 0 Å². The number of anilines is 3. The number of benzene rings is 4. The van der Waals surface area contributed by atoms with Gasteiger partial charge in [0.2, 0.25) is 0 Å². The predicted molar refractivity (Wildman–Crippen MR) is 123 cm³/mol. The molecule has 5 aromatic rings. The van der Waals surface area contributed by atoms with Crippen molar-refractivity contribution in [2.75, 3.05) is 4.90 Å². The van der Waals surface area contributed by atoms with Crippen LogP contribution in [0.15, 0.2) is 121 Å². The first kappa shape index (κ1) is 16.9. The van der Waals surface area contributed by atoms with Gasteiger partial charge in [0.1, 0.15) is 0 Å². The number of hydrogen-bond acceptors (Lipinski definition) is 1. The quantitative estimate of drug-likeness (QED) is 0.304. The molecule has 0 N–H and O–H groups in total. The average Bonchev–Trinajstić information content (AvgIpc) is 3.20. The molecule has 0 saturated heterocycles. The van der Waals surface area contributed by atoms with Crippen LogP contribution >= 0.6 is 7.53 Å². The molecule has 1 unspecified atom stereocenters. The first-order valence-corrected chi connectivity index (χ1v) is 10.9. The van der Waals surface area contributed by atoms with Gasteiger partial charge in [0.15, 0.2) is 0 Å². The first-order chi connectivity index (χ1) is 13.9. The molecule has 0 amide bonds. The molecule has 0 spiro atoms. The smallest absolute Gasteiger partial charge is 0.0462 e. The number of fused-ring (bicyclic) bond motifs is 1. The standard InChI is InChI=1S/C26H20NP/c1-3-10-22(11-4-1)27(23-12-5-2-6-13-23)24-15-17-25(18-16-24)28-20-19-21-9-7-8-14-26(21)28/h1-20H. The van der Waals surface area contributed by atoms with Crippen LogP contribution < -0.4 is 4.90 Å². The largest absolute Gasteiger partial charge is 0.311 e. The second-order valence-electron chi connectivity index (χ2n) is 6.77. The van der Waals surface area contributed by atoms with Crippen molar-refractivity contribution in [1.29, 1.82) is 0 Å². The molecular weight excluding hydrogens is 357 g/mol.